The van der Waals surface area contributed by atoms with Gasteiger partial charge in [0.25, 0.3) is 0 Å². The molecule has 2 aromatic heterocycles. The lowest BCUT2D eigenvalue weighted by Crippen LogP contribution is -2.11. The van der Waals surface area contributed by atoms with Crippen LogP contribution in [-0.2, 0) is 0 Å². The Morgan fingerprint density at radius 3 is 1.72 bits per heavy atom. The Morgan fingerprint density at radius 2 is 0.902 bits per heavy atom. The van der Waals surface area contributed by atoms with Crippen LogP contribution in [0.1, 0.15) is 0 Å². The van der Waals surface area contributed by atoms with E-state index in [-0.39, 0.29) is 0 Å². The fourth-order valence-corrected chi connectivity index (χ4v) is 9.44. The van der Waals surface area contributed by atoms with Crippen molar-refractivity contribution in [3.8, 4) is 39.1 Å². The number of aromatic nitrogens is 1. The molecule has 61 heavy (non-hydrogen) atoms. The highest BCUT2D eigenvalue weighted by atomic mass is 16.3. The molecule has 0 aliphatic carbocycles. The molecule has 3 nitrogen and oxygen atoms in total. The summed E-state index contributed by atoms with van der Waals surface area (Å²) in [6, 6.07) is 82.8. The van der Waals surface area contributed by atoms with Gasteiger partial charge in [-0.15, -0.1) is 0 Å². The van der Waals surface area contributed by atoms with Crippen LogP contribution in [0.5, 0.6) is 0 Å². The third-order valence-corrected chi connectivity index (χ3v) is 12.2. The fraction of sp³-hybridized carbons (Fsp3) is 0. The molecule has 0 amide bonds. The number of para-hydroxylation sites is 6. The zero-order chi connectivity index (χ0) is 40.3. The van der Waals surface area contributed by atoms with Gasteiger partial charge in [-0.25, -0.2) is 0 Å². The van der Waals surface area contributed by atoms with Crippen molar-refractivity contribution in [1.29, 1.82) is 0 Å². The van der Waals surface area contributed by atoms with Gasteiger partial charge in [-0.2, -0.15) is 0 Å². The van der Waals surface area contributed by atoms with E-state index in [1.165, 1.54) is 49.3 Å². The summed E-state index contributed by atoms with van der Waals surface area (Å²) in [4.78, 5) is 2.37. The maximum Gasteiger partial charge on any atom is 0.159 e. The summed E-state index contributed by atoms with van der Waals surface area (Å²) in [6.07, 6.45) is 0. The third kappa shape index (κ3) is 5.74. The van der Waals surface area contributed by atoms with Crippen LogP contribution in [-0.4, -0.2) is 4.57 Å². The van der Waals surface area contributed by atoms with E-state index in [4.69, 9.17) is 4.42 Å². The van der Waals surface area contributed by atoms with Crippen molar-refractivity contribution in [1.82, 2.24) is 4.57 Å². The Bertz CT molecular complexity index is 3550. The maximum atomic E-state index is 6.71. The molecule has 0 fully saturated rings. The first kappa shape index (κ1) is 34.9. The quantitative estimate of drug-likeness (QED) is 0.161. The number of furan rings is 1. The van der Waals surface area contributed by atoms with E-state index >= 15 is 0 Å². The number of hydrogen-bond donors (Lipinski definition) is 0. The van der Waals surface area contributed by atoms with Crippen LogP contribution >= 0.6 is 0 Å². The molecule has 0 aliphatic rings. The monoisotopic (exact) mass is 778 g/mol. The third-order valence-electron chi connectivity index (χ3n) is 12.2. The molecule has 12 rings (SSSR count). The number of hydrogen-bond acceptors (Lipinski definition) is 2. The van der Waals surface area contributed by atoms with Crippen molar-refractivity contribution in [2.45, 2.75) is 0 Å². The highest BCUT2D eigenvalue weighted by Gasteiger charge is 2.23. The second kappa shape index (κ2) is 14.3. The smallest absolute Gasteiger partial charge is 0.159 e. The first-order chi connectivity index (χ1) is 30.3. The molecule has 0 bridgehead atoms. The van der Waals surface area contributed by atoms with Crippen molar-refractivity contribution < 1.29 is 4.42 Å². The Balaban J connectivity index is 0.996. The van der Waals surface area contributed by atoms with Crippen LogP contribution in [0.2, 0.25) is 0 Å². The molecule has 0 saturated carbocycles. The Kier molecular flexibility index (Phi) is 8.17. The number of benzene rings is 10. The van der Waals surface area contributed by atoms with Crippen molar-refractivity contribution in [2.75, 3.05) is 4.90 Å². The van der Waals surface area contributed by atoms with E-state index in [2.05, 4.69) is 234 Å². The average molecular weight is 779 g/mol. The number of fused-ring (bicyclic) bond motifs is 7. The van der Waals surface area contributed by atoms with E-state index in [0.717, 1.165) is 61.4 Å². The molecule has 0 spiro atoms. The lowest BCUT2D eigenvalue weighted by molar-refractivity contribution is 0.669. The molecule has 10 aromatic carbocycles. The second-order valence-electron chi connectivity index (χ2n) is 15.6. The molecule has 3 heteroatoms. The zero-order valence-electron chi connectivity index (χ0n) is 33.2. The van der Waals surface area contributed by atoms with E-state index in [1.807, 2.05) is 6.07 Å². The largest absolute Gasteiger partial charge is 0.454 e. The standard InChI is InChI=1S/C58H38N2O/c1-2-20-44-40(16-1)17-14-26-46(44)47-22-4-9-29-53(47)59(56-32-15-27-51-50-25-7-12-33-57(50)61-58(51)56)43-36-34-39(35-37-43)41-18-13-19-42(38-41)45-21-3-8-28-52(45)60-54-30-10-5-23-48(54)49-24-6-11-31-55(49)60/h1-38H. The summed E-state index contributed by atoms with van der Waals surface area (Å²) in [5.74, 6) is 0. The van der Waals surface area contributed by atoms with Crippen LogP contribution in [0, 0.1) is 0 Å². The van der Waals surface area contributed by atoms with Gasteiger partial charge in [0.2, 0.25) is 0 Å². The molecule has 0 saturated heterocycles. The molecule has 0 radical (unpaired) electrons. The topological polar surface area (TPSA) is 21.3 Å². The van der Waals surface area contributed by atoms with E-state index in [9.17, 15) is 0 Å². The van der Waals surface area contributed by atoms with E-state index < -0.39 is 0 Å². The summed E-state index contributed by atoms with van der Waals surface area (Å²) in [7, 11) is 0. The molecule has 0 aliphatic heterocycles. The summed E-state index contributed by atoms with van der Waals surface area (Å²) >= 11 is 0. The van der Waals surface area contributed by atoms with E-state index in [1.54, 1.807) is 0 Å². The molecular weight excluding hydrogens is 741 g/mol. The van der Waals surface area contributed by atoms with E-state index in [0.29, 0.717) is 0 Å². The minimum Gasteiger partial charge on any atom is -0.454 e. The van der Waals surface area contributed by atoms with Crippen molar-refractivity contribution in [2.24, 2.45) is 0 Å². The molecule has 0 atom stereocenters. The summed E-state index contributed by atoms with van der Waals surface area (Å²) in [5.41, 5.74) is 15.4. The summed E-state index contributed by atoms with van der Waals surface area (Å²) in [6.45, 7) is 0. The van der Waals surface area contributed by atoms with Gasteiger partial charge in [-0.1, -0.05) is 176 Å². The van der Waals surface area contributed by atoms with Crippen molar-refractivity contribution >= 4 is 71.6 Å². The van der Waals surface area contributed by atoms with Crippen LogP contribution < -0.4 is 4.90 Å². The molecule has 0 unspecified atom stereocenters. The van der Waals surface area contributed by atoms with Gasteiger partial charge < -0.3 is 13.9 Å². The first-order valence-electron chi connectivity index (χ1n) is 20.8. The first-order valence-corrected chi connectivity index (χ1v) is 20.8. The van der Waals surface area contributed by atoms with Crippen molar-refractivity contribution in [3.63, 3.8) is 0 Å². The van der Waals surface area contributed by atoms with Crippen LogP contribution in [0.4, 0.5) is 17.1 Å². The summed E-state index contributed by atoms with van der Waals surface area (Å²) in [5, 5.41) is 7.14. The van der Waals surface area contributed by atoms with Gasteiger partial charge >= 0.3 is 0 Å². The van der Waals surface area contributed by atoms with Crippen LogP contribution in [0.3, 0.4) is 0 Å². The number of rotatable bonds is 7. The number of anilines is 3. The highest BCUT2D eigenvalue weighted by Crippen LogP contribution is 2.47. The van der Waals surface area contributed by atoms with Gasteiger partial charge in [0, 0.05) is 38.4 Å². The molecule has 2 heterocycles. The molecule has 286 valence electrons. The average Bonchev–Trinajstić information content (AvgIpc) is 3.88. The van der Waals surface area contributed by atoms with Crippen LogP contribution in [0.25, 0.3) is 93.6 Å². The minimum atomic E-state index is 0.857. The fourth-order valence-electron chi connectivity index (χ4n) is 9.44. The zero-order valence-corrected chi connectivity index (χ0v) is 33.2. The maximum absolute atomic E-state index is 6.71. The predicted molar refractivity (Wildman–Crippen MR) is 257 cm³/mol. The normalized spacial score (nSPS) is 11.6. The Hall–Kier alpha value is -8.14. The second-order valence-corrected chi connectivity index (χ2v) is 15.6. The molecule has 0 N–H and O–H groups in total. The number of nitrogens with zero attached hydrogens (tertiary/aromatic N) is 2. The minimum absolute atomic E-state index is 0.857. The van der Waals surface area contributed by atoms with Crippen molar-refractivity contribution in [3.05, 3.63) is 231 Å². The Morgan fingerprint density at radius 1 is 0.344 bits per heavy atom. The highest BCUT2D eigenvalue weighted by molar-refractivity contribution is 6.12. The predicted octanol–water partition coefficient (Wildman–Crippen LogP) is 16.3. The summed E-state index contributed by atoms with van der Waals surface area (Å²) < 4.78 is 9.12. The Labute approximate surface area is 353 Å². The molecular formula is C58H38N2O. The lowest BCUT2D eigenvalue weighted by Gasteiger charge is -2.28. The van der Waals surface area contributed by atoms with Gasteiger partial charge in [-0.05, 0) is 87.6 Å². The lowest BCUT2D eigenvalue weighted by atomic mass is 9.95. The molecule has 12 aromatic rings. The van der Waals surface area contributed by atoms with Gasteiger partial charge in [0.05, 0.1) is 28.1 Å². The van der Waals surface area contributed by atoms with Gasteiger partial charge in [-0.3, -0.25) is 0 Å². The van der Waals surface area contributed by atoms with Crippen LogP contribution in [0.15, 0.2) is 235 Å². The SMILES string of the molecule is c1cc(-c2ccc(N(c3ccccc3-c3cccc4ccccc34)c3cccc4c3oc3ccccc34)cc2)cc(-c2ccccc2-n2c3ccccc3c3ccccc32)c1. The van der Waals surface area contributed by atoms with Gasteiger partial charge in [0.1, 0.15) is 5.58 Å². The van der Waals surface area contributed by atoms with Gasteiger partial charge in [0.15, 0.2) is 5.58 Å².